The molecule has 74 valence electrons. The molecule has 0 unspecified atom stereocenters. The maximum absolute atomic E-state index is 5.42. The first-order chi connectivity index (χ1) is 6.76. The van der Waals surface area contributed by atoms with Crippen LogP contribution in [0.3, 0.4) is 0 Å². The molecule has 0 aromatic carbocycles. The van der Waals surface area contributed by atoms with Gasteiger partial charge in [-0.25, -0.2) is 4.98 Å². The van der Waals surface area contributed by atoms with E-state index in [1.807, 2.05) is 19.9 Å². The molecule has 0 saturated heterocycles. The van der Waals surface area contributed by atoms with Gasteiger partial charge in [-0.05, 0) is 19.4 Å². The molecular weight excluding hydrogens is 180 g/mol. The minimum absolute atomic E-state index is 0.537. The van der Waals surface area contributed by atoms with Crippen LogP contribution in [-0.4, -0.2) is 10.1 Å². The Morgan fingerprint density at radius 3 is 3.00 bits per heavy atom. The minimum Gasteiger partial charge on any atom is -0.335 e. The van der Waals surface area contributed by atoms with Crippen LogP contribution in [0.2, 0.25) is 0 Å². The Morgan fingerprint density at radius 1 is 1.57 bits per heavy atom. The molecule has 3 N–H and O–H groups in total. The number of fused-ring (bicyclic) bond motifs is 1. The van der Waals surface area contributed by atoms with Crippen molar-refractivity contribution in [1.82, 2.24) is 10.1 Å². The third-order valence-corrected chi connectivity index (χ3v) is 2.14. The first-order valence-corrected chi connectivity index (χ1v) is 4.48. The van der Waals surface area contributed by atoms with Gasteiger partial charge in [-0.1, -0.05) is 12.1 Å². The number of hydrazine groups is 1. The molecule has 14 heavy (non-hydrogen) atoms. The van der Waals surface area contributed by atoms with Crippen LogP contribution in [0.1, 0.15) is 18.3 Å². The second kappa shape index (κ2) is 3.26. The van der Waals surface area contributed by atoms with Crippen molar-refractivity contribution in [2.75, 3.05) is 5.43 Å². The van der Waals surface area contributed by atoms with Crippen LogP contribution in [0.15, 0.2) is 10.6 Å². The summed E-state index contributed by atoms with van der Waals surface area (Å²) >= 11 is 0. The monoisotopic (exact) mass is 192 g/mol. The highest BCUT2D eigenvalue weighted by atomic mass is 16.5. The Balaban J connectivity index is 2.78. The van der Waals surface area contributed by atoms with Crippen LogP contribution in [0.4, 0.5) is 5.69 Å². The maximum atomic E-state index is 5.42. The molecule has 0 aliphatic heterocycles. The summed E-state index contributed by atoms with van der Waals surface area (Å²) in [7, 11) is 0. The van der Waals surface area contributed by atoms with Gasteiger partial charge in [0.05, 0.1) is 16.8 Å². The average molecular weight is 192 g/mol. The Morgan fingerprint density at radius 2 is 2.36 bits per heavy atom. The topological polar surface area (TPSA) is 77.0 Å². The zero-order valence-corrected chi connectivity index (χ0v) is 8.16. The first kappa shape index (κ1) is 8.96. The number of nitrogen functional groups attached to an aromatic ring is 1. The van der Waals surface area contributed by atoms with E-state index in [0.29, 0.717) is 5.71 Å². The Kier molecular flexibility index (Phi) is 2.09. The number of pyridine rings is 1. The summed E-state index contributed by atoms with van der Waals surface area (Å²) in [6, 6.07) is 1.87. The SMILES string of the molecule is CCc1noc2nc(C)cc(NN)c12. The van der Waals surface area contributed by atoms with Crippen LogP contribution in [0, 0.1) is 6.92 Å². The van der Waals surface area contributed by atoms with E-state index in [1.54, 1.807) is 0 Å². The minimum atomic E-state index is 0.537. The summed E-state index contributed by atoms with van der Waals surface area (Å²) in [5.74, 6) is 5.42. The highest BCUT2D eigenvalue weighted by molar-refractivity contribution is 5.90. The standard InChI is InChI=1S/C9H12N4O/c1-3-6-8-7(12-10)4-5(2)11-9(8)14-13-6/h4H,3,10H2,1-2H3,(H,11,12). The van der Waals surface area contributed by atoms with Crippen molar-refractivity contribution >= 4 is 16.8 Å². The Labute approximate surface area is 81.3 Å². The number of rotatable bonds is 2. The molecule has 0 amide bonds. The molecule has 0 saturated carbocycles. The van der Waals surface area contributed by atoms with Gasteiger partial charge in [0, 0.05) is 5.69 Å². The van der Waals surface area contributed by atoms with Crippen molar-refractivity contribution in [3.05, 3.63) is 17.5 Å². The molecule has 0 aliphatic rings. The summed E-state index contributed by atoms with van der Waals surface area (Å²) in [6.45, 7) is 3.89. The molecule has 0 bridgehead atoms. The van der Waals surface area contributed by atoms with E-state index in [1.165, 1.54) is 0 Å². The summed E-state index contributed by atoms with van der Waals surface area (Å²) in [4.78, 5) is 4.23. The Hall–Kier alpha value is -1.62. The second-order valence-corrected chi connectivity index (χ2v) is 3.12. The fraction of sp³-hybridized carbons (Fsp3) is 0.333. The third kappa shape index (κ3) is 1.22. The molecular formula is C9H12N4O. The molecule has 2 aromatic rings. The van der Waals surface area contributed by atoms with Gasteiger partial charge in [0.25, 0.3) is 5.71 Å². The van der Waals surface area contributed by atoms with Gasteiger partial charge in [0.15, 0.2) is 0 Å². The normalized spacial score (nSPS) is 10.8. The van der Waals surface area contributed by atoms with Gasteiger partial charge < -0.3 is 9.95 Å². The van der Waals surface area contributed by atoms with E-state index in [4.69, 9.17) is 10.4 Å². The number of hydrogen-bond acceptors (Lipinski definition) is 5. The predicted octanol–water partition coefficient (Wildman–Crippen LogP) is 1.38. The van der Waals surface area contributed by atoms with Gasteiger partial charge in [0.2, 0.25) is 0 Å². The van der Waals surface area contributed by atoms with E-state index < -0.39 is 0 Å². The molecule has 0 aliphatic carbocycles. The summed E-state index contributed by atoms with van der Waals surface area (Å²) < 4.78 is 5.11. The first-order valence-electron chi connectivity index (χ1n) is 4.48. The van der Waals surface area contributed by atoms with Gasteiger partial charge in [-0.15, -0.1) is 0 Å². The highest BCUT2D eigenvalue weighted by Gasteiger charge is 2.12. The molecule has 2 rings (SSSR count). The van der Waals surface area contributed by atoms with Crippen molar-refractivity contribution in [2.24, 2.45) is 5.84 Å². The lowest BCUT2D eigenvalue weighted by atomic mass is 10.2. The molecule has 0 fully saturated rings. The van der Waals surface area contributed by atoms with Crippen LogP contribution in [0.25, 0.3) is 11.1 Å². The number of aromatic nitrogens is 2. The van der Waals surface area contributed by atoms with Gasteiger partial charge in [-0.3, -0.25) is 5.84 Å². The van der Waals surface area contributed by atoms with E-state index in [9.17, 15) is 0 Å². The lowest BCUT2D eigenvalue weighted by Gasteiger charge is -2.02. The predicted molar refractivity (Wildman–Crippen MR) is 53.7 cm³/mol. The molecule has 5 heteroatoms. The Bertz CT molecular complexity index is 463. The van der Waals surface area contributed by atoms with Crippen LogP contribution < -0.4 is 11.3 Å². The number of hydrogen-bond donors (Lipinski definition) is 2. The smallest absolute Gasteiger partial charge is 0.260 e. The summed E-state index contributed by atoms with van der Waals surface area (Å²) in [5, 5.41) is 4.81. The second-order valence-electron chi connectivity index (χ2n) is 3.12. The van der Waals surface area contributed by atoms with Gasteiger partial charge in [-0.2, -0.15) is 0 Å². The number of aryl methyl sites for hydroxylation is 2. The lowest BCUT2D eigenvalue weighted by Crippen LogP contribution is -2.08. The fourth-order valence-corrected chi connectivity index (χ4v) is 1.49. The molecule has 5 nitrogen and oxygen atoms in total. The average Bonchev–Trinajstić information content (AvgIpc) is 2.59. The largest absolute Gasteiger partial charge is 0.335 e. The number of nitrogens with one attached hydrogen (secondary N) is 1. The van der Waals surface area contributed by atoms with E-state index in [0.717, 1.165) is 28.9 Å². The van der Waals surface area contributed by atoms with Crippen LogP contribution >= 0.6 is 0 Å². The third-order valence-electron chi connectivity index (χ3n) is 2.14. The summed E-state index contributed by atoms with van der Waals surface area (Å²) in [6.07, 6.45) is 0.798. The lowest BCUT2D eigenvalue weighted by molar-refractivity contribution is 0.439. The fourth-order valence-electron chi connectivity index (χ4n) is 1.49. The van der Waals surface area contributed by atoms with Crippen LogP contribution in [-0.2, 0) is 6.42 Å². The highest BCUT2D eigenvalue weighted by Crippen LogP contribution is 2.25. The van der Waals surface area contributed by atoms with E-state index in [2.05, 4.69) is 15.6 Å². The zero-order chi connectivity index (χ0) is 10.1. The number of anilines is 1. The molecule has 0 radical (unpaired) electrons. The van der Waals surface area contributed by atoms with Crippen molar-refractivity contribution in [3.63, 3.8) is 0 Å². The van der Waals surface area contributed by atoms with E-state index in [-0.39, 0.29) is 0 Å². The van der Waals surface area contributed by atoms with Crippen molar-refractivity contribution in [2.45, 2.75) is 20.3 Å². The molecule has 2 aromatic heterocycles. The van der Waals surface area contributed by atoms with E-state index >= 15 is 0 Å². The van der Waals surface area contributed by atoms with Crippen molar-refractivity contribution in [3.8, 4) is 0 Å². The molecule has 0 atom stereocenters. The summed E-state index contributed by atoms with van der Waals surface area (Å²) in [5.41, 5.74) is 5.71. The maximum Gasteiger partial charge on any atom is 0.260 e. The molecule has 0 spiro atoms. The van der Waals surface area contributed by atoms with Gasteiger partial charge in [0.1, 0.15) is 0 Å². The quantitative estimate of drug-likeness (QED) is 0.555. The van der Waals surface area contributed by atoms with Gasteiger partial charge >= 0.3 is 0 Å². The number of nitrogens with two attached hydrogens (primary N) is 1. The number of nitrogens with zero attached hydrogens (tertiary/aromatic N) is 2. The van der Waals surface area contributed by atoms with Crippen molar-refractivity contribution in [1.29, 1.82) is 0 Å². The van der Waals surface area contributed by atoms with Crippen molar-refractivity contribution < 1.29 is 4.52 Å². The molecule has 2 heterocycles. The zero-order valence-electron chi connectivity index (χ0n) is 8.16. The van der Waals surface area contributed by atoms with Crippen LogP contribution in [0.5, 0.6) is 0 Å².